The highest BCUT2D eigenvalue weighted by molar-refractivity contribution is 5.98. The van der Waals surface area contributed by atoms with Crippen molar-refractivity contribution in [3.8, 4) is 11.4 Å². The number of carboxylic acid groups (broad SMARTS) is 1. The van der Waals surface area contributed by atoms with E-state index in [1.165, 1.54) is 6.21 Å². The molecule has 1 aromatic heterocycles. The van der Waals surface area contributed by atoms with Crippen molar-refractivity contribution in [1.29, 1.82) is 0 Å². The SMILES string of the molecule is O=C(O)COc1ccccc1/C=N\NC(=O)c1ccccc1-n1cccc1. The molecule has 0 fully saturated rings. The molecular formula is C20H17N3O4. The van der Waals surface area contributed by atoms with Crippen LogP contribution < -0.4 is 10.2 Å². The van der Waals surface area contributed by atoms with Crippen LogP contribution in [0, 0.1) is 0 Å². The van der Waals surface area contributed by atoms with Crippen molar-refractivity contribution in [1.82, 2.24) is 9.99 Å². The maximum absolute atomic E-state index is 12.5. The lowest BCUT2D eigenvalue weighted by Crippen LogP contribution is -2.19. The molecule has 0 unspecified atom stereocenters. The van der Waals surface area contributed by atoms with Crippen LogP contribution >= 0.6 is 0 Å². The van der Waals surface area contributed by atoms with Crippen LogP contribution in [0.4, 0.5) is 0 Å². The van der Waals surface area contributed by atoms with Crippen molar-refractivity contribution in [2.75, 3.05) is 6.61 Å². The molecule has 0 saturated heterocycles. The van der Waals surface area contributed by atoms with Gasteiger partial charge in [-0.05, 0) is 36.4 Å². The third-order valence-electron chi connectivity index (χ3n) is 3.67. The minimum atomic E-state index is -1.07. The third kappa shape index (κ3) is 4.60. The highest BCUT2D eigenvalue weighted by Crippen LogP contribution is 2.16. The fourth-order valence-corrected chi connectivity index (χ4v) is 2.46. The van der Waals surface area contributed by atoms with E-state index >= 15 is 0 Å². The summed E-state index contributed by atoms with van der Waals surface area (Å²) in [5.41, 5.74) is 4.25. The van der Waals surface area contributed by atoms with Crippen molar-refractivity contribution in [2.24, 2.45) is 5.10 Å². The zero-order chi connectivity index (χ0) is 19.1. The van der Waals surface area contributed by atoms with Gasteiger partial charge >= 0.3 is 5.97 Å². The largest absolute Gasteiger partial charge is 0.481 e. The van der Waals surface area contributed by atoms with Gasteiger partial charge in [-0.2, -0.15) is 5.10 Å². The van der Waals surface area contributed by atoms with E-state index in [1.807, 2.05) is 41.2 Å². The van der Waals surface area contributed by atoms with E-state index < -0.39 is 12.6 Å². The Balaban J connectivity index is 1.73. The summed E-state index contributed by atoms with van der Waals surface area (Å²) in [5.74, 6) is -1.07. The highest BCUT2D eigenvalue weighted by Gasteiger charge is 2.11. The summed E-state index contributed by atoms with van der Waals surface area (Å²) in [5, 5.41) is 12.7. The Morgan fingerprint density at radius 3 is 2.52 bits per heavy atom. The molecule has 0 aliphatic rings. The van der Waals surface area contributed by atoms with E-state index in [1.54, 1.807) is 36.4 Å². The van der Waals surface area contributed by atoms with Crippen LogP contribution in [-0.4, -0.2) is 34.4 Å². The lowest BCUT2D eigenvalue weighted by atomic mass is 10.1. The quantitative estimate of drug-likeness (QED) is 0.499. The monoisotopic (exact) mass is 363 g/mol. The number of hydrazone groups is 1. The summed E-state index contributed by atoms with van der Waals surface area (Å²) >= 11 is 0. The molecule has 27 heavy (non-hydrogen) atoms. The average Bonchev–Trinajstić information content (AvgIpc) is 3.21. The number of nitrogens with one attached hydrogen (secondary N) is 1. The first kappa shape index (κ1) is 17.9. The number of benzene rings is 2. The minimum absolute atomic E-state index is 0.362. The van der Waals surface area contributed by atoms with E-state index in [9.17, 15) is 9.59 Å². The molecule has 7 heteroatoms. The molecular weight excluding hydrogens is 346 g/mol. The lowest BCUT2D eigenvalue weighted by Gasteiger charge is -2.09. The van der Waals surface area contributed by atoms with E-state index in [-0.39, 0.29) is 5.91 Å². The number of amides is 1. The number of carbonyl (C=O) groups is 2. The van der Waals surface area contributed by atoms with Crippen molar-refractivity contribution >= 4 is 18.1 Å². The normalized spacial score (nSPS) is 10.7. The molecule has 0 bridgehead atoms. The molecule has 0 atom stereocenters. The summed E-state index contributed by atoms with van der Waals surface area (Å²) in [4.78, 5) is 23.2. The number of aliphatic carboxylic acids is 1. The fraction of sp³-hybridized carbons (Fsp3) is 0.0500. The number of carbonyl (C=O) groups excluding carboxylic acids is 1. The van der Waals surface area contributed by atoms with Crippen LogP contribution in [0.3, 0.4) is 0 Å². The fourth-order valence-electron chi connectivity index (χ4n) is 2.46. The zero-order valence-corrected chi connectivity index (χ0v) is 14.3. The summed E-state index contributed by atoms with van der Waals surface area (Å²) in [6, 6.07) is 17.8. The van der Waals surface area contributed by atoms with Gasteiger partial charge in [0.25, 0.3) is 5.91 Å². The number of para-hydroxylation sites is 2. The van der Waals surface area contributed by atoms with Gasteiger partial charge in [0.2, 0.25) is 0 Å². The molecule has 0 spiro atoms. The molecule has 136 valence electrons. The van der Waals surface area contributed by atoms with Gasteiger partial charge in [0.05, 0.1) is 17.5 Å². The minimum Gasteiger partial charge on any atom is -0.481 e. The van der Waals surface area contributed by atoms with Gasteiger partial charge < -0.3 is 14.4 Å². The predicted octanol–water partition coefficient (Wildman–Crippen LogP) is 2.70. The summed E-state index contributed by atoms with van der Waals surface area (Å²) < 4.78 is 7.04. The van der Waals surface area contributed by atoms with E-state index in [4.69, 9.17) is 9.84 Å². The molecule has 3 aromatic rings. The maximum atomic E-state index is 12.5. The second-order valence-corrected chi connectivity index (χ2v) is 5.53. The predicted molar refractivity (Wildman–Crippen MR) is 100 cm³/mol. The van der Waals surface area contributed by atoms with Crippen molar-refractivity contribution in [3.05, 3.63) is 84.2 Å². The van der Waals surface area contributed by atoms with Gasteiger partial charge in [0.1, 0.15) is 5.75 Å². The van der Waals surface area contributed by atoms with Crippen LogP contribution in [-0.2, 0) is 4.79 Å². The van der Waals surface area contributed by atoms with E-state index in [0.717, 1.165) is 5.69 Å². The van der Waals surface area contributed by atoms with E-state index in [0.29, 0.717) is 16.9 Å². The smallest absolute Gasteiger partial charge is 0.341 e. The molecule has 2 N–H and O–H groups in total. The van der Waals surface area contributed by atoms with Crippen molar-refractivity contribution in [3.63, 3.8) is 0 Å². The lowest BCUT2D eigenvalue weighted by molar-refractivity contribution is -0.139. The number of rotatable bonds is 7. The standard InChI is InChI=1S/C20H17N3O4/c24-19(25)14-27-18-10-4-1-7-15(18)13-21-22-20(26)16-8-2-3-9-17(16)23-11-5-6-12-23/h1-13H,14H2,(H,22,26)(H,24,25)/b21-13-. The summed E-state index contributed by atoms with van der Waals surface area (Å²) in [6.45, 7) is -0.457. The Labute approximate surface area is 155 Å². The number of carboxylic acids is 1. The first-order valence-corrected chi connectivity index (χ1v) is 8.14. The highest BCUT2D eigenvalue weighted by atomic mass is 16.5. The number of nitrogens with zero attached hydrogens (tertiary/aromatic N) is 2. The first-order chi connectivity index (χ1) is 13.1. The second kappa shape index (κ2) is 8.48. The Bertz CT molecular complexity index is 965. The number of aromatic nitrogens is 1. The van der Waals surface area contributed by atoms with Gasteiger partial charge in [0, 0.05) is 18.0 Å². The summed E-state index contributed by atoms with van der Waals surface area (Å²) in [7, 11) is 0. The van der Waals surface area contributed by atoms with Gasteiger partial charge in [-0.1, -0.05) is 24.3 Å². The summed E-state index contributed by atoms with van der Waals surface area (Å²) in [6.07, 6.45) is 5.12. The molecule has 3 rings (SSSR count). The second-order valence-electron chi connectivity index (χ2n) is 5.53. The molecule has 1 heterocycles. The van der Waals surface area contributed by atoms with Crippen LogP contribution in [0.2, 0.25) is 0 Å². The van der Waals surface area contributed by atoms with Crippen LogP contribution in [0.25, 0.3) is 5.69 Å². The molecule has 0 aliphatic heterocycles. The van der Waals surface area contributed by atoms with Gasteiger partial charge in [-0.15, -0.1) is 0 Å². The molecule has 0 saturated carbocycles. The molecule has 0 aliphatic carbocycles. The zero-order valence-electron chi connectivity index (χ0n) is 14.3. The Morgan fingerprint density at radius 1 is 1.04 bits per heavy atom. The number of ether oxygens (including phenoxy) is 1. The Kier molecular flexibility index (Phi) is 5.64. The van der Waals surface area contributed by atoms with Crippen molar-refractivity contribution in [2.45, 2.75) is 0 Å². The molecule has 1 amide bonds. The number of hydrogen-bond donors (Lipinski definition) is 2. The van der Waals surface area contributed by atoms with Crippen LogP contribution in [0.5, 0.6) is 5.75 Å². The Hall–Kier alpha value is -3.87. The topological polar surface area (TPSA) is 92.9 Å². The first-order valence-electron chi connectivity index (χ1n) is 8.14. The van der Waals surface area contributed by atoms with Gasteiger partial charge in [-0.25, -0.2) is 10.2 Å². The van der Waals surface area contributed by atoms with Gasteiger partial charge in [0.15, 0.2) is 6.61 Å². The number of hydrogen-bond acceptors (Lipinski definition) is 4. The average molecular weight is 363 g/mol. The van der Waals surface area contributed by atoms with Crippen LogP contribution in [0.1, 0.15) is 15.9 Å². The van der Waals surface area contributed by atoms with Gasteiger partial charge in [-0.3, -0.25) is 4.79 Å². The third-order valence-corrected chi connectivity index (χ3v) is 3.67. The van der Waals surface area contributed by atoms with Crippen molar-refractivity contribution < 1.29 is 19.4 Å². The molecule has 2 aromatic carbocycles. The van der Waals surface area contributed by atoms with E-state index in [2.05, 4.69) is 10.5 Å². The molecule has 7 nitrogen and oxygen atoms in total. The van der Waals surface area contributed by atoms with Crippen LogP contribution in [0.15, 0.2) is 78.2 Å². The molecule has 0 radical (unpaired) electrons. The maximum Gasteiger partial charge on any atom is 0.341 e. The Morgan fingerprint density at radius 2 is 1.74 bits per heavy atom.